The van der Waals surface area contributed by atoms with Gasteiger partial charge in [0.1, 0.15) is 19.3 Å². The molecule has 2 aromatic rings. The topological polar surface area (TPSA) is 67.9 Å². The lowest BCUT2D eigenvalue weighted by atomic mass is 10.1. The van der Waals surface area contributed by atoms with E-state index in [-0.39, 0.29) is 17.9 Å². The lowest BCUT2D eigenvalue weighted by Crippen LogP contribution is -2.49. The highest BCUT2D eigenvalue weighted by atomic mass is 35.5. The van der Waals surface area contributed by atoms with Crippen LogP contribution >= 0.6 is 11.6 Å². The molecule has 0 spiro atoms. The lowest BCUT2D eigenvalue weighted by molar-refractivity contribution is -0.140. The highest BCUT2D eigenvalue weighted by molar-refractivity contribution is 6.30. The van der Waals surface area contributed by atoms with Crippen LogP contribution in [0.1, 0.15) is 50.2 Å². The number of nitrogens with one attached hydrogen (secondary N) is 1. The van der Waals surface area contributed by atoms with Crippen molar-refractivity contribution in [2.45, 2.75) is 64.1 Å². The number of aryl methyl sites for hydroxylation is 1. The Labute approximate surface area is 200 Å². The molecule has 4 rings (SSSR count). The number of hydrogen-bond acceptors (Lipinski definition) is 4. The molecule has 1 saturated carbocycles. The van der Waals surface area contributed by atoms with E-state index >= 15 is 0 Å². The van der Waals surface area contributed by atoms with Gasteiger partial charge in [-0.1, -0.05) is 42.6 Å². The Morgan fingerprint density at radius 3 is 2.58 bits per heavy atom. The molecule has 2 amide bonds. The van der Waals surface area contributed by atoms with Crippen molar-refractivity contribution < 1.29 is 19.1 Å². The number of halogens is 1. The second-order valence-electron chi connectivity index (χ2n) is 8.80. The standard InChI is InChI=1S/C26H31ClN2O4/c1-18(26(31)28-22-7-2-3-8-22)29(17-20-5-4-6-21(27)15-20)25(30)12-10-19-9-11-23-24(16-19)33-14-13-32-23/h4-6,9,11,15-16,18,22H,2-3,7-8,10,12-14,17H2,1H3,(H,28,31). The normalized spacial score (nSPS) is 16.3. The monoisotopic (exact) mass is 470 g/mol. The molecule has 1 fully saturated rings. The first-order valence-corrected chi connectivity index (χ1v) is 12.1. The SMILES string of the molecule is CC(C(=O)NC1CCCC1)N(Cc1cccc(Cl)c1)C(=O)CCc1ccc2c(c1)OCCO2. The van der Waals surface area contributed by atoms with E-state index in [1.54, 1.807) is 17.9 Å². The summed E-state index contributed by atoms with van der Waals surface area (Å²) in [5.74, 6) is 1.28. The number of nitrogens with zero attached hydrogens (tertiary/aromatic N) is 1. The Kier molecular flexibility index (Phi) is 7.76. The van der Waals surface area contributed by atoms with Crippen LogP contribution in [0.3, 0.4) is 0 Å². The minimum Gasteiger partial charge on any atom is -0.486 e. The van der Waals surface area contributed by atoms with Crippen LogP contribution in [0.4, 0.5) is 0 Å². The van der Waals surface area contributed by atoms with Crippen LogP contribution in [0.2, 0.25) is 5.02 Å². The molecule has 1 atom stereocenters. The van der Waals surface area contributed by atoms with Gasteiger partial charge in [-0.05, 0) is 61.6 Å². The van der Waals surface area contributed by atoms with Crippen LogP contribution in [-0.4, -0.2) is 42.0 Å². The Morgan fingerprint density at radius 1 is 1.06 bits per heavy atom. The van der Waals surface area contributed by atoms with Crippen molar-refractivity contribution in [3.8, 4) is 11.5 Å². The van der Waals surface area contributed by atoms with Gasteiger partial charge in [0.05, 0.1) is 0 Å². The highest BCUT2D eigenvalue weighted by Crippen LogP contribution is 2.31. The Bertz CT molecular complexity index is 990. The molecule has 0 bridgehead atoms. The fourth-order valence-electron chi connectivity index (χ4n) is 4.44. The molecule has 1 aliphatic carbocycles. The molecule has 0 aromatic heterocycles. The third-order valence-electron chi connectivity index (χ3n) is 6.34. The predicted octanol–water partition coefficient (Wildman–Crippen LogP) is 4.52. The van der Waals surface area contributed by atoms with Gasteiger partial charge in [0.15, 0.2) is 11.5 Å². The van der Waals surface area contributed by atoms with Gasteiger partial charge >= 0.3 is 0 Å². The van der Waals surface area contributed by atoms with E-state index in [1.807, 2.05) is 36.4 Å². The molecule has 33 heavy (non-hydrogen) atoms. The zero-order chi connectivity index (χ0) is 23.2. The molecule has 1 N–H and O–H groups in total. The molecule has 7 heteroatoms. The zero-order valence-corrected chi connectivity index (χ0v) is 19.8. The lowest BCUT2D eigenvalue weighted by Gasteiger charge is -2.30. The number of hydrogen-bond donors (Lipinski definition) is 1. The van der Waals surface area contributed by atoms with Crippen LogP contribution in [0.25, 0.3) is 0 Å². The number of carbonyl (C=O) groups is 2. The fourth-order valence-corrected chi connectivity index (χ4v) is 4.66. The van der Waals surface area contributed by atoms with Crippen LogP contribution < -0.4 is 14.8 Å². The van der Waals surface area contributed by atoms with Crippen LogP contribution in [0, 0.1) is 0 Å². The summed E-state index contributed by atoms with van der Waals surface area (Å²) in [6.45, 7) is 3.21. The van der Waals surface area contributed by atoms with Crippen LogP contribution in [0.5, 0.6) is 11.5 Å². The van der Waals surface area contributed by atoms with Gasteiger partial charge in [-0.2, -0.15) is 0 Å². The van der Waals surface area contributed by atoms with Gasteiger partial charge in [-0.15, -0.1) is 0 Å². The van der Waals surface area contributed by atoms with E-state index in [1.165, 1.54) is 0 Å². The molecule has 6 nitrogen and oxygen atoms in total. The quantitative estimate of drug-likeness (QED) is 0.616. The smallest absolute Gasteiger partial charge is 0.242 e. The maximum Gasteiger partial charge on any atom is 0.242 e. The van der Waals surface area contributed by atoms with Crippen molar-refractivity contribution in [3.05, 3.63) is 58.6 Å². The van der Waals surface area contributed by atoms with Gasteiger partial charge in [-0.25, -0.2) is 0 Å². The summed E-state index contributed by atoms with van der Waals surface area (Å²) in [5, 5.41) is 3.74. The average Bonchev–Trinajstić information content (AvgIpc) is 3.33. The molecule has 1 unspecified atom stereocenters. The average molecular weight is 471 g/mol. The molecular weight excluding hydrogens is 440 g/mol. The van der Waals surface area contributed by atoms with Gasteiger partial charge in [-0.3, -0.25) is 9.59 Å². The summed E-state index contributed by atoms with van der Waals surface area (Å²) in [6.07, 6.45) is 5.13. The first-order valence-electron chi connectivity index (χ1n) is 11.7. The zero-order valence-electron chi connectivity index (χ0n) is 19.0. The molecule has 0 radical (unpaired) electrons. The van der Waals surface area contributed by atoms with Gasteiger partial charge in [0.2, 0.25) is 11.8 Å². The fraction of sp³-hybridized carbons (Fsp3) is 0.462. The molecular formula is C26H31ClN2O4. The van der Waals surface area contributed by atoms with Crippen molar-refractivity contribution in [1.29, 1.82) is 0 Å². The van der Waals surface area contributed by atoms with Crippen molar-refractivity contribution >= 4 is 23.4 Å². The summed E-state index contributed by atoms with van der Waals surface area (Å²) in [4.78, 5) is 28.0. The maximum atomic E-state index is 13.3. The molecule has 2 aliphatic rings. The molecule has 1 aliphatic heterocycles. The van der Waals surface area contributed by atoms with Crippen molar-refractivity contribution in [2.24, 2.45) is 0 Å². The number of fused-ring (bicyclic) bond motifs is 1. The van der Waals surface area contributed by atoms with E-state index in [2.05, 4.69) is 5.32 Å². The largest absolute Gasteiger partial charge is 0.486 e. The molecule has 2 aromatic carbocycles. The second-order valence-corrected chi connectivity index (χ2v) is 9.23. The van der Waals surface area contributed by atoms with E-state index in [0.717, 1.165) is 42.6 Å². The summed E-state index contributed by atoms with van der Waals surface area (Å²) in [5.41, 5.74) is 1.90. The summed E-state index contributed by atoms with van der Waals surface area (Å²) in [7, 11) is 0. The van der Waals surface area contributed by atoms with Crippen molar-refractivity contribution in [1.82, 2.24) is 10.2 Å². The number of benzene rings is 2. The van der Waals surface area contributed by atoms with Gasteiger partial charge < -0.3 is 19.7 Å². The third-order valence-corrected chi connectivity index (χ3v) is 6.58. The minimum atomic E-state index is -0.572. The first kappa shape index (κ1) is 23.4. The molecule has 0 saturated heterocycles. The highest BCUT2D eigenvalue weighted by Gasteiger charge is 2.28. The summed E-state index contributed by atoms with van der Waals surface area (Å²) >= 11 is 6.16. The van der Waals surface area contributed by atoms with E-state index in [0.29, 0.717) is 43.4 Å². The van der Waals surface area contributed by atoms with E-state index in [9.17, 15) is 9.59 Å². The molecule has 1 heterocycles. The minimum absolute atomic E-state index is 0.0704. The number of ether oxygens (including phenoxy) is 2. The molecule has 176 valence electrons. The van der Waals surface area contributed by atoms with Gasteiger partial charge in [0, 0.05) is 24.0 Å². The maximum absolute atomic E-state index is 13.3. The third kappa shape index (κ3) is 6.20. The number of rotatable bonds is 8. The predicted molar refractivity (Wildman–Crippen MR) is 128 cm³/mol. The Balaban J connectivity index is 1.45. The van der Waals surface area contributed by atoms with Gasteiger partial charge in [0.25, 0.3) is 0 Å². The van der Waals surface area contributed by atoms with Crippen LogP contribution in [-0.2, 0) is 22.6 Å². The summed E-state index contributed by atoms with van der Waals surface area (Å²) < 4.78 is 11.2. The van der Waals surface area contributed by atoms with Crippen molar-refractivity contribution in [3.63, 3.8) is 0 Å². The first-order chi connectivity index (χ1) is 16.0. The Morgan fingerprint density at radius 2 is 1.82 bits per heavy atom. The van der Waals surface area contributed by atoms with Crippen LogP contribution in [0.15, 0.2) is 42.5 Å². The van der Waals surface area contributed by atoms with Crippen molar-refractivity contribution in [2.75, 3.05) is 13.2 Å². The van der Waals surface area contributed by atoms with E-state index < -0.39 is 6.04 Å². The number of carbonyl (C=O) groups excluding carboxylic acids is 2. The second kappa shape index (κ2) is 10.9. The Hall–Kier alpha value is -2.73. The summed E-state index contributed by atoms with van der Waals surface area (Å²) in [6, 6.07) is 12.8. The number of amides is 2. The van der Waals surface area contributed by atoms with E-state index in [4.69, 9.17) is 21.1 Å².